The van der Waals surface area contributed by atoms with Crippen LogP contribution in [0.1, 0.15) is 34.0 Å². The number of esters is 1. The van der Waals surface area contributed by atoms with Gasteiger partial charge >= 0.3 is 5.97 Å². The smallest absolute Gasteiger partial charge is 0.343 e. The highest BCUT2D eigenvalue weighted by Crippen LogP contribution is 2.26. The molecule has 1 aliphatic rings. The molecule has 2 aromatic carbocycles. The van der Waals surface area contributed by atoms with E-state index in [1.54, 1.807) is 24.3 Å². The number of hydrogen-bond donors (Lipinski definition) is 1. The summed E-state index contributed by atoms with van der Waals surface area (Å²) in [6.07, 6.45) is 0. The molecule has 0 aliphatic carbocycles. The highest BCUT2D eigenvalue weighted by Gasteiger charge is 2.30. The highest BCUT2D eigenvalue weighted by atomic mass is 16.6. The zero-order chi connectivity index (χ0) is 22.0. The fourth-order valence-electron chi connectivity index (χ4n) is 3.06. The minimum Gasteiger partial charge on any atom is -0.512 e. The topological polar surface area (TPSA) is 131 Å². The molecule has 2 aromatic rings. The fourth-order valence-corrected chi connectivity index (χ4v) is 3.06. The molecule has 1 N–H and O–H groups in total. The van der Waals surface area contributed by atoms with Crippen LogP contribution in [0.5, 0.6) is 0 Å². The first-order valence-electron chi connectivity index (χ1n) is 8.79. The van der Waals surface area contributed by atoms with Gasteiger partial charge in [-0.15, -0.1) is 0 Å². The molecule has 3 rings (SSSR count). The molecular formula is C21H17N3O6. The van der Waals surface area contributed by atoms with Crippen molar-refractivity contribution in [2.75, 3.05) is 7.11 Å². The van der Waals surface area contributed by atoms with E-state index in [2.05, 4.69) is 9.98 Å². The Hall–Kier alpha value is -4.14. The van der Waals surface area contributed by atoms with Crippen molar-refractivity contribution < 1.29 is 24.4 Å². The molecule has 0 radical (unpaired) electrons. The van der Waals surface area contributed by atoms with E-state index in [1.165, 1.54) is 39.2 Å². The van der Waals surface area contributed by atoms with Crippen LogP contribution in [-0.4, -0.2) is 40.6 Å². The Morgan fingerprint density at radius 1 is 1.17 bits per heavy atom. The zero-order valence-electron chi connectivity index (χ0n) is 16.4. The monoisotopic (exact) mass is 407 g/mol. The summed E-state index contributed by atoms with van der Waals surface area (Å²) in [6, 6.07) is 10.8. The molecule has 152 valence electrons. The van der Waals surface area contributed by atoms with Crippen molar-refractivity contribution in [2.45, 2.75) is 13.8 Å². The van der Waals surface area contributed by atoms with Crippen molar-refractivity contribution in [1.82, 2.24) is 0 Å². The molecule has 0 unspecified atom stereocenters. The largest absolute Gasteiger partial charge is 0.512 e. The van der Waals surface area contributed by atoms with E-state index in [0.717, 1.165) is 0 Å². The van der Waals surface area contributed by atoms with Crippen LogP contribution >= 0.6 is 0 Å². The number of hydrogen-bond acceptors (Lipinski definition) is 6. The molecular weight excluding hydrogens is 390 g/mol. The van der Waals surface area contributed by atoms with E-state index in [1.807, 2.05) is 0 Å². The molecule has 9 nitrogen and oxygen atoms in total. The van der Waals surface area contributed by atoms with Crippen LogP contribution in [0.15, 0.2) is 63.8 Å². The number of aliphatic imine (C=N–C) groups is 2. The maximum atomic E-state index is 12.7. The Kier molecular flexibility index (Phi) is 5.54. The Labute approximate surface area is 171 Å². The number of amidine groups is 1. The number of carbonyl (C=O) groups excluding carboxylic acids is 2. The molecule has 0 saturated carbocycles. The number of aliphatic hydroxyl groups excluding tert-OH is 1. The molecule has 1 amide bonds. The quantitative estimate of drug-likeness (QED) is 0.272. The van der Waals surface area contributed by atoms with Crippen molar-refractivity contribution in [2.24, 2.45) is 9.98 Å². The first-order valence-corrected chi connectivity index (χ1v) is 8.79. The number of fused-ring (bicyclic) bond motifs is 1. The van der Waals surface area contributed by atoms with E-state index in [0.29, 0.717) is 16.7 Å². The fraction of sp³-hybridized carbons (Fsp3) is 0.143. The lowest BCUT2D eigenvalue weighted by Crippen LogP contribution is -2.16. The van der Waals surface area contributed by atoms with E-state index in [9.17, 15) is 24.8 Å². The molecule has 1 aliphatic heterocycles. The summed E-state index contributed by atoms with van der Waals surface area (Å²) in [5.74, 6) is -1.65. The first-order chi connectivity index (χ1) is 14.2. The number of methoxy groups -OCH3 is 1. The Morgan fingerprint density at radius 2 is 1.83 bits per heavy atom. The number of aliphatic hydroxyl groups is 1. The Bertz CT molecular complexity index is 1170. The molecule has 0 spiro atoms. The Balaban J connectivity index is 2.08. The van der Waals surface area contributed by atoms with Gasteiger partial charge in [0.05, 0.1) is 17.7 Å². The second kappa shape index (κ2) is 8.08. The van der Waals surface area contributed by atoms with Crippen molar-refractivity contribution in [3.05, 3.63) is 86.2 Å². The lowest BCUT2D eigenvalue weighted by molar-refractivity contribution is -0.385. The van der Waals surface area contributed by atoms with Crippen LogP contribution in [0, 0.1) is 17.0 Å². The van der Waals surface area contributed by atoms with Gasteiger partial charge in [-0.05, 0) is 26.0 Å². The van der Waals surface area contributed by atoms with Gasteiger partial charge in [-0.2, -0.15) is 4.99 Å². The maximum absolute atomic E-state index is 12.7. The summed E-state index contributed by atoms with van der Waals surface area (Å²) in [6.45, 7) is 2.86. The number of amides is 1. The van der Waals surface area contributed by atoms with Crippen molar-refractivity contribution in [3.8, 4) is 0 Å². The third-order valence-electron chi connectivity index (χ3n) is 4.48. The van der Waals surface area contributed by atoms with Crippen LogP contribution < -0.4 is 0 Å². The number of nitro benzene ring substituents is 1. The van der Waals surface area contributed by atoms with E-state index in [-0.39, 0.29) is 34.1 Å². The maximum Gasteiger partial charge on any atom is 0.343 e. The summed E-state index contributed by atoms with van der Waals surface area (Å²) >= 11 is 0. The summed E-state index contributed by atoms with van der Waals surface area (Å²) in [5.41, 5.74) is 1.41. The number of carbonyl (C=O) groups is 2. The third-order valence-corrected chi connectivity index (χ3v) is 4.48. The average Bonchev–Trinajstić information content (AvgIpc) is 3.05. The van der Waals surface area contributed by atoms with Crippen LogP contribution in [0.3, 0.4) is 0 Å². The van der Waals surface area contributed by atoms with E-state index in [4.69, 9.17) is 4.74 Å². The number of nitrogens with zero attached hydrogens (tertiary/aromatic N) is 3. The van der Waals surface area contributed by atoms with Crippen molar-refractivity contribution >= 4 is 29.1 Å². The van der Waals surface area contributed by atoms with Crippen LogP contribution in [0.25, 0.3) is 0 Å². The number of aryl methyl sites for hydroxylation is 1. The molecule has 30 heavy (non-hydrogen) atoms. The van der Waals surface area contributed by atoms with Gasteiger partial charge in [0, 0.05) is 28.3 Å². The predicted molar refractivity (Wildman–Crippen MR) is 109 cm³/mol. The van der Waals surface area contributed by atoms with Crippen molar-refractivity contribution in [3.63, 3.8) is 0 Å². The minimum atomic E-state index is -0.776. The lowest BCUT2D eigenvalue weighted by Gasteiger charge is -2.07. The van der Waals surface area contributed by atoms with Gasteiger partial charge in [0.2, 0.25) is 0 Å². The number of rotatable bonds is 4. The predicted octanol–water partition coefficient (Wildman–Crippen LogP) is 3.30. The Morgan fingerprint density at radius 3 is 2.40 bits per heavy atom. The number of benzene rings is 2. The molecule has 9 heteroatoms. The van der Waals surface area contributed by atoms with Crippen molar-refractivity contribution in [1.29, 1.82) is 0 Å². The average molecular weight is 407 g/mol. The summed E-state index contributed by atoms with van der Waals surface area (Å²) in [5, 5.41) is 20.9. The van der Waals surface area contributed by atoms with Crippen LogP contribution in [0.2, 0.25) is 0 Å². The van der Waals surface area contributed by atoms with Gasteiger partial charge in [-0.1, -0.05) is 24.3 Å². The second-order valence-corrected chi connectivity index (χ2v) is 6.46. The number of allylic oxidation sites excluding steroid dienone is 1. The first kappa shape index (κ1) is 20.6. The zero-order valence-corrected chi connectivity index (χ0v) is 16.4. The third kappa shape index (κ3) is 3.72. The molecule has 1 heterocycles. The van der Waals surface area contributed by atoms with Gasteiger partial charge in [-0.25, -0.2) is 9.79 Å². The van der Waals surface area contributed by atoms with Gasteiger partial charge in [0.1, 0.15) is 11.3 Å². The van der Waals surface area contributed by atoms with Gasteiger partial charge in [0.15, 0.2) is 5.84 Å². The molecule has 0 aromatic heterocycles. The van der Waals surface area contributed by atoms with Gasteiger partial charge < -0.3 is 9.84 Å². The molecule has 0 atom stereocenters. The SMILES string of the molecule is COC(=O)C(C1=NC(=NC(=O)c2ccc([N+](=O)[O-])c(C)c2)c2ccccc21)=C(C)O. The van der Waals surface area contributed by atoms with Crippen LogP contribution in [0.4, 0.5) is 5.69 Å². The van der Waals surface area contributed by atoms with E-state index >= 15 is 0 Å². The molecule has 0 bridgehead atoms. The standard InChI is InChI=1S/C21H17N3O6/c1-11-10-13(8-9-16(11)24(28)29)20(26)23-19-15-7-5-4-6-14(15)18(22-19)17(12(2)25)21(27)30-3/h4-10,25H,1-3H3. The molecule has 0 saturated heterocycles. The highest BCUT2D eigenvalue weighted by molar-refractivity contribution is 6.36. The number of nitro groups is 1. The summed E-state index contributed by atoms with van der Waals surface area (Å²) < 4.78 is 4.73. The van der Waals surface area contributed by atoms with E-state index < -0.39 is 16.8 Å². The molecule has 0 fully saturated rings. The lowest BCUT2D eigenvalue weighted by atomic mass is 9.99. The normalized spacial score (nSPS) is 14.6. The number of ether oxygens (including phenoxy) is 1. The summed E-state index contributed by atoms with van der Waals surface area (Å²) in [7, 11) is 1.18. The van der Waals surface area contributed by atoms with Gasteiger partial charge in [0.25, 0.3) is 11.6 Å². The minimum absolute atomic E-state index is 0.0595. The second-order valence-electron chi connectivity index (χ2n) is 6.46. The summed E-state index contributed by atoms with van der Waals surface area (Å²) in [4.78, 5) is 43.6. The van der Waals surface area contributed by atoms with Crippen LogP contribution in [-0.2, 0) is 9.53 Å². The van der Waals surface area contributed by atoms with Gasteiger partial charge in [-0.3, -0.25) is 14.9 Å².